The van der Waals surface area contributed by atoms with E-state index in [1.807, 2.05) is 0 Å². The van der Waals surface area contributed by atoms with Gasteiger partial charge in [-0.25, -0.2) is 5.57 Å². The molecule has 0 fully saturated rings. The van der Waals surface area contributed by atoms with Crippen LogP contribution in [0.2, 0.25) is 0 Å². The minimum Gasteiger partial charge on any atom is -0.484 e. The molecule has 0 heterocycles. The van der Waals surface area contributed by atoms with E-state index >= 15 is 0 Å². The Bertz CT molecular complexity index is 592. The van der Waals surface area contributed by atoms with Gasteiger partial charge >= 0.3 is 0 Å². The van der Waals surface area contributed by atoms with E-state index < -0.39 is 0 Å². The zero-order chi connectivity index (χ0) is 11.4. The molecule has 18 heavy (non-hydrogen) atoms. The zero-order valence-corrected chi connectivity index (χ0v) is 13.1. The van der Waals surface area contributed by atoms with E-state index in [-0.39, 0.29) is 21.1 Å². The molecule has 88 valence electrons. The number of benzene rings is 2. The van der Waals surface area contributed by atoms with E-state index in [1.54, 1.807) is 0 Å². The van der Waals surface area contributed by atoms with Crippen LogP contribution in [0.3, 0.4) is 0 Å². The van der Waals surface area contributed by atoms with E-state index in [0.717, 1.165) is 0 Å². The van der Waals surface area contributed by atoms with Gasteiger partial charge in [-0.05, 0) is 17.0 Å². The minimum absolute atomic E-state index is 0. The van der Waals surface area contributed by atoms with Crippen LogP contribution in [0.15, 0.2) is 54.1 Å². The van der Waals surface area contributed by atoms with Crippen molar-refractivity contribution >= 4 is 0 Å². The molecule has 0 aromatic heterocycles. The largest absolute Gasteiger partial charge is 0.484 e. The maximum Gasteiger partial charge on any atom is 0 e. The smallest absolute Gasteiger partial charge is 0 e. The molecule has 5 rings (SSSR count). The summed E-state index contributed by atoms with van der Waals surface area (Å²) in [7, 11) is 0. The van der Waals surface area contributed by atoms with Gasteiger partial charge in [-0.15, -0.1) is 5.92 Å². The van der Waals surface area contributed by atoms with Gasteiger partial charge in [0.2, 0.25) is 0 Å². The standard InChI is InChI=1S/C17H13.W/c1-11-10-16-12-6-2-4-8-14(12)17(11)15-9-5-3-7-13(15)16;/h2-9,16-17H,1H3;/q-1;. The van der Waals surface area contributed by atoms with Crippen molar-refractivity contribution in [1.29, 1.82) is 0 Å². The van der Waals surface area contributed by atoms with Gasteiger partial charge in [0.15, 0.2) is 0 Å². The second-order valence-corrected chi connectivity index (χ2v) is 4.95. The van der Waals surface area contributed by atoms with Gasteiger partial charge in [0, 0.05) is 21.1 Å². The summed E-state index contributed by atoms with van der Waals surface area (Å²) in [4.78, 5) is 0. The fourth-order valence-corrected chi connectivity index (χ4v) is 3.34. The predicted molar refractivity (Wildman–Crippen MR) is 69.0 cm³/mol. The normalized spacial score (nSPS) is 22.6. The monoisotopic (exact) mass is 401 g/mol. The van der Waals surface area contributed by atoms with Crippen molar-refractivity contribution in [3.05, 3.63) is 82.4 Å². The summed E-state index contributed by atoms with van der Waals surface area (Å²) in [5, 5.41) is 0. The molecular weight excluding hydrogens is 388 g/mol. The van der Waals surface area contributed by atoms with E-state index in [9.17, 15) is 0 Å². The molecule has 0 aliphatic heterocycles. The van der Waals surface area contributed by atoms with Crippen LogP contribution in [0.5, 0.6) is 0 Å². The summed E-state index contributed by atoms with van der Waals surface area (Å²) in [5.74, 6) is 0.791. The fourth-order valence-electron chi connectivity index (χ4n) is 3.34. The van der Waals surface area contributed by atoms with E-state index in [0.29, 0.717) is 11.8 Å². The molecule has 0 saturated heterocycles. The molecule has 0 spiro atoms. The number of hydrogen-bond donors (Lipinski definition) is 0. The van der Waals surface area contributed by atoms with Crippen molar-refractivity contribution in [2.45, 2.75) is 18.8 Å². The molecular formula is C17H13W-. The molecule has 0 saturated carbocycles. The Morgan fingerprint density at radius 3 is 1.72 bits per heavy atom. The first-order valence-corrected chi connectivity index (χ1v) is 6.14. The SMILES string of the molecule is CC1=[C-]C2c3ccccc3C1c1ccccc12.[W]. The molecule has 2 bridgehead atoms. The maximum absolute atomic E-state index is 3.64. The Morgan fingerprint density at radius 1 is 0.778 bits per heavy atom. The van der Waals surface area contributed by atoms with Crippen molar-refractivity contribution in [1.82, 2.24) is 0 Å². The Kier molecular flexibility index (Phi) is 2.79. The first-order valence-electron chi connectivity index (χ1n) is 6.14. The molecule has 3 aliphatic carbocycles. The molecule has 2 aromatic rings. The predicted octanol–water partition coefficient (Wildman–Crippen LogP) is 4.02. The Labute approximate surface area is 122 Å². The van der Waals surface area contributed by atoms with Gasteiger partial charge in [-0.2, -0.15) is 0 Å². The van der Waals surface area contributed by atoms with Crippen LogP contribution < -0.4 is 0 Å². The second-order valence-electron chi connectivity index (χ2n) is 4.95. The third-order valence-corrected chi connectivity index (χ3v) is 4.04. The van der Waals surface area contributed by atoms with E-state index in [2.05, 4.69) is 61.5 Å². The minimum atomic E-state index is 0. The van der Waals surface area contributed by atoms with Gasteiger partial charge in [-0.3, -0.25) is 0 Å². The molecule has 1 heteroatoms. The molecule has 0 amide bonds. The molecule has 0 unspecified atom stereocenters. The Hall–Kier alpha value is -1.13. The summed E-state index contributed by atoms with van der Waals surface area (Å²) >= 11 is 0. The molecule has 0 N–H and O–H groups in total. The van der Waals surface area contributed by atoms with Crippen LogP contribution >= 0.6 is 0 Å². The van der Waals surface area contributed by atoms with Crippen molar-refractivity contribution in [2.24, 2.45) is 0 Å². The number of rotatable bonds is 0. The second kappa shape index (κ2) is 4.21. The van der Waals surface area contributed by atoms with Crippen LogP contribution in [-0.4, -0.2) is 0 Å². The third kappa shape index (κ3) is 1.42. The topological polar surface area (TPSA) is 0 Å². The first kappa shape index (κ1) is 11.9. The van der Waals surface area contributed by atoms with Gasteiger partial charge in [0.05, 0.1) is 0 Å². The van der Waals surface area contributed by atoms with Crippen LogP contribution in [0, 0.1) is 6.08 Å². The van der Waals surface area contributed by atoms with Gasteiger partial charge in [0.25, 0.3) is 0 Å². The zero-order valence-electron chi connectivity index (χ0n) is 10.2. The van der Waals surface area contributed by atoms with Crippen molar-refractivity contribution in [3.63, 3.8) is 0 Å². The summed E-state index contributed by atoms with van der Waals surface area (Å²) in [5.41, 5.74) is 7.23. The van der Waals surface area contributed by atoms with E-state index in [1.165, 1.54) is 27.8 Å². The molecule has 0 atom stereocenters. The average molecular weight is 401 g/mol. The Balaban J connectivity index is 0.000001000. The average Bonchev–Trinajstić information content (AvgIpc) is 2.39. The fraction of sp³-hybridized carbons (Fsp3) is 0.176. The van der Waals surface area contributed by atoms with Gasteiger partial charge < -0.3 is 6.08 Å². The molecule has 2 aromatic carbocycles. The number of allylic oxidation sites excluding steroid dienone is 2. The summed E-state index contributed by atoms with van der Waals surface area (Å²) in [6, 6.07) is 17.6. The maximum atomic E-state index is 3.64. The molecule has 0 radical (unpaired) electrons. The van der Waals surface area contributed by atoms with E-state index in [4.69, 9.17) is 0 Å². The third-order valence-electron chi connectivity index (χ3n) is 4.04. The summed E-state index contributed by atoms with van der Waals surface area (Å²) in [6.07, 6.45) is 3.64. The first-order chi connectivity index (χ1) is 8.36. The summed E-state index contributed by atoms with van der Waals surface area (Å²) < 4.78 is 0. The summed E-state index contributed by atoms with van der Waals surface area (Å²) in [6.45, 7) is 2.21. The Morgan fingerprint density at radius 2 is 1.22 bits per heavy atom. The molecule has 0 nitrogen and oxygen atoms in total. The molecule has 3 aliphatic rings. The van der Waals surface area contributed by atoms with Crippen molar-refractivity contribution < 1.29 is 21.1 Å². The quantitative estimate of drug-likeness (QED) is 0.586. The van der Waals surface area contributed by atoms with Crippen LogP contribution in [0.4, 0.5) is 0 Å². The van der Waals surface area contributed by atoms with Gasteiger partial charge in [0.1, 0.15) is 0 Å². The van der Waals surface area contributed by atoms with Crippen molar-refractivity contribution in [2.75, 3.05) is 0 Å². The van der Waals surface area contributed by atoms with Crippen LogP contribution in [0.25, 0.3) is 0 Å². The van der Waals surface area contributed by atoms with Gasteiger partial charge in [-0.1, -0.05) is 66.6 Å². The van der Waals surface area contributed by atoms with Crippen LogP contribution in [-0.2, 0) is 21.1 Å². The van der Waals surface area contributed by atoms with Crippen molar-refractivity contribution in [3.8, 4) is 0 Å². The number of hydrogen-bond acceptors (Lipinski definition) is 0. The van der Waals surface area contributed by atoms with Crippen LogP contribution in [0.1, 0.15) is 41.0 Å².